The summed E-state index contributed by atoms with van der Waals surface area (Å²) in [5.74, 6) is -3.01. The van der Waals surface area contributed by atoms with Crippen LogP contribution in [0.25, 0.3) is 21.8 Å². The summed E-state index contributed by atoms with van der Waals surface area (Å²) in [7, 11) is 0. The zero-order valence-corrected chi connectivity index (χ0v) is 25.5. The fraction of sp³-hybridized carbons (Fsp3) is 0.394. The molecule has 3 amide bonds. The summed E-state index contributed by atoms with van der Waals surface area (Å²) in [4.78, 5) is 59.0. The lowest BCUT2D eigenvalue weighted by molar-refractivity contribution is -0.142. The number of aromatic nitrogens is 2. The molecule has 234 valence electrons. The second-order valence-corrected chi connectivity index (χ2v) is 12.0. The predicted octanol–water partition coefficient (Wildman–Crippen LogP) is 3.00. The van der Waals surface area contributed by atoms with Gasteiger partial charge in [-0.15, -0.1) is 0 Å². The molecule has 8 N–H and O–H groups in total. The number of nitrogens with one attached hydrogen (secondary N) is 5. The van der Waals surface area contributed by atoms with Crippen molar-refractivity contribution < 1.29 is 24.3 Å². The molecule has 0 fully saturated rings. The summed E-state index contributed by atoms with van der Waals surface area (Å²) < 4.78 is 0. The third-order valence-corrected chi connectivity index (χ3v) is 7.81. The Morgan fingerprint density at radius 2 is 1.14 bits per heavy atom. The van der Waals surface area contributed by atoms with Gasteiger partial charge >= 0.3 is 5.97 Å². The van der Waals surface area contributed by atoms with E-state index < -0.39 is 47.9 Å². The molecule has 11 nitrogen and oxygen atoms in total. The van der Waals surface area contributed by atoms with Crippen molar-refractivity contribution in [1.29, 1.82) is 0 Å². The normalized spacial score (nSPS) is 14.3. The molecule has 0 aliphatic rings. The van der Waals surface area contributed by atoms with Gasteiger partial charge in [0, 0.05) is 47.0 Å². The molecule has 2 aromatic heterocycles. The van der Waals surface area contributed by atoms with Crippen molar-refractivity contribution >= 4 is 45.5 Å². The Kier molecular flexibility index (Phi) is 10.4. The number of carbonyl (C=O) groups is 4. The standard InChI is InChI=1S/C33H42N6O5/c1-18(2)13-28(33(43)44)39-31(41)26(14-20-16-35-24-11-7-5-9-22(20)24)37-30(40)27(38-32(42)29(34)19(3)4)15-21-17-36-25-12-8-6-10-23(21)25/h5-12,16-19,26-29,35-36H,13-15,34H2,1-4H3,(H,37,40)(H,38,42)(H,39,41)(H,43,44). The highest BCUT2D eigenvalue weighted by molar-refractivity contribution is 5.95. The minimum Gasteiger partial charge on any atom is -0.480 e. The Hall–Kier alpha value is -4.64. The molecule has 0 radical (unpaired) electrons. The molecule has 2 aromatic carbocycles. The highest BCUT2D eigenvalue weighted by Crippen LogP contribution is 2.21. The number of carboxylic acid groups (broad SMARTS) is 1. The van der Waals surface area contributed by atoms with Crippen LogP contribution in [-0.2, 0) is 32.0 Å². The van der Waals surface area contributed by atoms with Crippen LogP contribution < -0.4 is 21.7 Å². The van der Waals surface area contributed by atoms with E-state index in [-0.39, 0.29) is 31.1 Å². The molecule has 2 heterocycles. The van der Waals surface area contributed by atoms with Gasteiger partial charge < -0.3 is 36.8 Å². The number of hydrogen-bond acceptors (Lipinski definition) is 5. The maximum Gasteiger partial charge on any atom is 0.326 e. The topological polar surface area (TPSA) is 182 Å². The maximum absolute atomic E-state index is 14.0. The van der Waals surface area contributed by atoms with Gasteiger partial charge in [0.1, 0.15) is 18.1 Å². The number of carbonyl (C=O) groups excluding carboxylic acids is 3. The molecule has 0 saturated heterocycles. The van der Waals surface area contributed by atoms with Crippen LogP contribution in [0.3, 0.4) is 0 Å². The van der Waals surface area contributed by atoms with E-state index in [1.807, 2.05) is 76.2 Å². The highest BCUT2D eigenvalue weighted by atomic mass is 16.4. The largest absolute Gasteiger partial charge is 0.480 e. The lowest BCUT2D eigenvalue weighted by atomic mass is 9.99. The molecule has 0 saturated carbocycles. The summed E-state index contributed by atoms with van der Waals surface area (Å²) >= 11 is 0. The molecule has 4 rings (SSSR count). The van der Waals surface area contributed by atoms with Crippen LogP contribution >= 0.6 is 0 Å². The molecule has 4 atom stereocenters. The molecule has 0 aliphatic heterocycles. The van der Waals surface area contributed by atoms with E-state index in [1.54, 1.807) is 12.4 Å². The van der Waals surface area contributed by atoms with Gasteiger partial charge in [0.2, 0.25) is 17.7 Å². The summed E-state index contributed by atoms with van der Waals surface area (Å²) in [6.07, 6.45) is 4.01. The Balaban J connectivity index is 1.65. The number of fused-ring (bicyclic) bond motifs is 2. The quantitative estimate of drug-likeness (QED) is 0.116. The van der Waals surface area contributed by atoms with Crippen molar-refractivity contribution in [2.75, 3.05) is 0 Å². The van der Waals surface area contributed by atoms with Crippen molar-refractivity contribution in [3.05, 3.63) is 72.1 Å². The van der Waals surface area contributed by atoms with E-state index in [0.29, 0.717) is 0 Å². The third kappa shape index (κ3) is 7.84. The van der Waals surface area contributed by atoms with E-state index in [4.69, 9.17) is 5.73 Å². The van der Waals surface area contributed by atoms with E-state index in [1.165, 1.54) is 0 Å². The van der Waals surface area contributed by atoms with Gasteiger partial charge in [0.05, 0.1) is 6.04 Å². The Morgan fingerprint density at radius 3 is 1.57 bits per heavy atom. The predicted molar refractivity (Wildman–Crippen MR) is 170 cm³/mol. The van der Waals surface area contributed by atoms with Gasteiger partial charge in [-0.2, -0.15) is 0 Å². The number of hydrogen-bond donors (Lipinski definition) is 7. The number of aromatic amines is 2. The molecule has 4 unspecified atom stereocenters. The van der Waals surface area contributed by atoms with Crippen LogP contribution in [0.15, 0.2) is 60.9 Å². The summed E-state index contributed by atoms with van der Waals surface area (Å²) in [5.41, 5.74) is 9.44. The number of benzene rings is 2. The van der Waals surface area contributed by atoms with E-state index >= 15 is 0 Å². The van der Waals surface area contributed by atoms with Gasteiger partial charge in [-0.05, 0) is 41.5 Å². The van der Waals surface area contributed by atoms with Crippen LogP contribution in [0.1, 0.15) is 45.2 Å². The molecule has 11 heteroatoms. The number of H-pyrrole nitrogens is 2. The first kappa shape index (κ1) is 32.3. The summed E-state index contributed by atoms with van der Waals surface area (Å²) in [5, 5.41) is 19.8. The molecule has 0 aliphatic carbocycles. The van der Waals surface area contributed by atoms with E-state index in [2.05, 4.69) is 25.9 Å². The monoisotopic (exact) mass is 602 g/mol. The van der Waals surface area contributed by atoms with Crippen molar-refractivity contribution in [2.24, 2.45) is 17.6 Å². The van der Waals surface area contributed by atoms with Crippen LogP contribution in [0.4, 0.5) is 0 Å². The fourth-order valence-corrected chi connectivity index (χ4v) is 5.27. The smallest absolute Gasteiger partial charge is 0.326 e. The van der Waals surface area contributed by atoms with Gasteiger partial charge in [-0.3, -0.25) is 14.4 Å². The second kappa shape index (κ2) is 14.2. The summed E-state index contributed by atoms with van der Waals surface area (Å²) in [6.45, 7) is 7.37. The SMILES string of the molecule is CC(C)CC(NC(=O)C(Cc1c[nH]c2ccccc12)NC(=O)C(Cc1c[nH]c2ccccc12)NC(=O)C(N)C(C)C)C(=O)O. The maximum atomic E-state index is 14.0. The first-order valence-electron chi connectivity index (χ1n) is 14.9. The first-order chi connectivity index (χ1) is 20.9. The third-order valence-electron chi connectivity index (χ3n) is 7.81. The first-order valence-corrected chi connectivity index (χ1v) is 14.9. The van der Waals surface area contributed by atoms with Gasteiger partial charge in [-0.25, -0.2) is 4.79 Å². The van der Waals surface area contributed by atoms with E-state index in [0.717, 1.165) is 32.9 Å². The zero-order valence-electron chi connectivity index (χ0n) is 25.5. The fourth-order valence-electron chi connectivity index (χ4n) is 5.27. The minimum absolute atomic E-state index is 0.0130. The molecule has 4 aromatic rings. The number of carboxylic acids is 1. The number of rotatable bonds is 14. The van der Waals surface area contributed by atoms with Crippen molar-refractivity contribution in [1.82, 2.24) is 25.9 Å². The van der Waals surface area contributed by atoms with Crippen molar-refractivity contribution in [2.45, 2.75) is 71.1 Å². The Labute approximate surface area is 256 Å². The van der Waals surface area contributed by atoms with Crippen LogP contribution in [-0.4, -0.2) is 62.9 Å². The van der Waals surface area contributed by atoms with Gasteiger partial charge in [-0.1, -0.05) is 64.1 Å². The number of aliphatic carboxylic acids is 1. The summed E-state index contributed by atoms with van der Waals surface area (Å²) in [6, 6.07) is 11.0. The van der Waals surface area contributed by atoms with Gasteiger partial charge in [0.25, 0.3) is 0 Å². The average molecular weight is 603 g/mol. The Morgan fingerprint density at radius 1 is 0.705 bits per heavy atom. The highest BCUT2D eigenvalue weighted by Gasteiger charge is 2.32. The van der Waals surface area contributed by atoms with Crippen molar-refractivity contribution in [3.8, 4) is 0 Å². The van der Waals surface area contributed by atoms with Crippen LogP contribution in [0.5, 0.6) is 0 Å². The zero-order chi connectivity index (χ0) is 32.0. The minimum atomic E-state index is -1.16. The molecular formula is C33H42N6O5. The second-order valence-electron chi connectivity index (χ2n) is 12.0. The van der Waals surface area contributed by atoms with Crippen LogP contribution in [0, 0.1) is 11.8 Å². The van der Waals surface area contributed by atoms with E-state index in [9.17, 15) is 24.3 Å². The average Bonchev–Trinajstić information content (AvgIpc) is 3.59. The molecular weight excluding hydrogens is 560 g/mol. The van der Waals surface area contributed by atoms with Crippen LogP contribution in [0.2, 0.25) is 0 Å². The number of para-hydroxylation sites is 2. The van der Waals surface area contributed by atoms with Gasteiger partial charge in [0.15, 0.2) is 0 Å². The molecule has 0 spiro atoms. The lowest BCUT2D eigenvalue weighted by Crippen LogP contribution is -2.58. The van der Waals surface area contributed by atoms with Crippen molar-refractivity contribution in [3.63, 3.8) is 0 Å². The lowest BCUT2D eigenvalue weighted by Gasteiger charge is -2.26. The number of amides is 3. The molecule has 0 bridgehead atoms. The number of nitrogens with two attached hydrogens (primary N) is 1. The Bertz CT molecular complexity index is 1620. The molecule has 44 heavy (non-hydrogen) atoms.